The third kappa shape index (κ3) is 6.98. The summed E-state index contributed by atoms with van der Waals surface area (Å²) in [5.41, 5.74) is 1.68. The van der Waals surface area contributed by atoms with Gasteiger partial charge in [-0.05, 0) is 67.6 Å². The zero-order chi connectivity index (χ0) is 27.8. The second kappa shape index (κ2) is 13.3. The van der Waals surface area contributed by atoms with Gasteiger partial charge in [0.25, 0.3) is 11.8 Å². The van der Waals surface area contributed by atoms with Crippen LogP contribution in [0.4, 0.5) is 5.69 Å². The average Bonchev–Trinajstić information content (AvgIpc) is 3.25. The van der Waals surface area contributed by atoms with Crippen molar-refractivity contribution in [3.63, 3.8) is 0 Å². The lowest BCUT2D eigenvalue weighted by atomic mass is 10.2. The lowest BCUT2D eigenvalue weighted by Gasteiger charge is -2.26. The molecule has 11 heteroatoms. The minimum absolute atomic E-state index is 0.103. The number of aliphatic imine (C=N–C) groups is 1. The van der Waals surface area contributed by atoms with Gasteiger partial charge in [-0.15, -0.1) is 0 Å². The van der Waals surface area contributed by atoms with E-state index in [0.29, 0.717) is 65.7 Å². The fourth-order valence-electron chi connectivity index (χ4n) is 3.99. The molecule has 206 valence electrons. The van der Waals surface area contributed by atoms with Gasteiger partial charge in [-0.1, -0.05) is 12.1 Å². The number of likely N-dealkylation sites (N-methyl/N-ethyl adjacent to an activating group) is 1. The Morgan fingerprint density at radius 3 is 2.62 bits per heavy atom. The van der Waals surface area contributed by atoms with Crippen LogP contribution in [-0.2, 0) is 19.1 Å². The molecule has 2 aromatic carbocycles. The van der Waals surface area contributed by atoms with Crippen LogP contribution in [0.2, 0.25) is 0 Å². The molecule has 0 aliphatic carbocycles. The van der Waals surface area contributed by atoms with Gasteiger partial charge in [0.1, 0.15) is 0 Å². The minimum atomic E-state index is -0.422. The second-order valence-electron chi connectivity index (χ2n) is 8.52. The number of amides is 2. The molecule has 0 bridgehead atoms. The molecule has 4 rings (SSSR count). The molecule has 2 heterocycles. The zero-order valence-corrected chi connectivity index (χ0v) is 23.0. The minimum Gasteiger partial charge on any atom is -0.493 e. The Bertz CT molecular complexity index is 1290. The summed E-state index contributed by atoms with van der Waals surface area (Å²) >= 11 is 1.25. The number of thioether (sulfide) groups is 1. The topological polar surface area (TPSA) is 107 Å². The first kappa shape index (κ1) is 28.2. The van der Waals surface area contributed by atoms with E-state index in [1.165, 1.54) is 18.9 Å². The normalized spacial score (nSPS) is 17.6. The average molecular weight is 554 g/mol. The highest BCUT2D eigenvalue weighted by atomic mass is 32.2. The first-order valence-corrected chi connectivity index (χ1v) is 13.5. The Hall–Kier alpha value is -3.83. The molecule has 2 aliphatic rings. The van der Waals surface area contributed by atoms with Gasteiger partial charge in [0.15, 0.2) is 23.3 Å². The van der Waals surface area contributed by atoms with Crippen LogP contribution in [0.1, 0.15) is 29.8 Å². The third-order valence-electron chi connectivity index (χ3n) is 5.99. The van der Waals surface area contributed by atoms with Gasteiger partial charge in [-0.25, -0.2) is 9.79 Å². The summed E-state index contributed by atoms with van der Waals surface area (Å²) in [4.78, 5) is 46.1. The maximum Gasteiger partial charge on any atom is 0.338 e. The molecule has 2 aromatic rings. The van der Waals surface area contributed by atoms with Gasteiger partial charge in [0.2, 0.25) is 0 Å². The van der Waals surface area contributed by atoms with Crippen LogP contribution in [0.25, 0.3) is 6.08 Å². The Balaban J connectivity index is 1.49. The Morgan fingerprint density at radius 1 is 1.10 bits per heavy atom. The van der Waals surface area contributed by atoms with Crippen molar-refractivity contribution in [2.45, 2.75) is 13.8 Å². The van der Waals surface area contributed by atoms with Gasteiger partial charge >= 0.3 is 5.97 Å². The SMILES string of the molecule is CCOC(=O)c1cccc(N=C2SC(=Cc3ccc(OCC(=O)N4CCOCC4)c(OC)c3)C(=O)N2CC)c1. The molecular formula is C28H31N3O7S. The highest BCUT2D eigenvalue weighted by Gasteiger charge is 2.32. The summed E-state index contributed by atoms with van der Waals surface area (Å²) in [6.07, 6.45) is 1.76. The summed E-state index contributed by atoms with van der Waals surface area (Å²) in [7, 11) is 1.52. The lowest BCUT2D eigenvalue weighted by molar-refractivity contribution is -0.137. The van der Waals surface area contributed by atoms with E-state index < -0.39 is 5.97 Å². The number of carbonyl (C=O) groups excluding carboxylic acids is 3. The molecule has 0 N–H and O–H groups in total. The van der Waals surface area contributed by atoms with Crippen molar-refractivity contribution in [2.24, 2.45) is 4.99 Å². The van der Waals surface area contributed by atoms with Gasteiger partial charge in [-0.2, -0.15) is 0 Å². The Kier molecular flexibility index (Phi) is 9.61. The number of methoxy groups -OCH3 is 1. The molecule has 0 atom stereocenters. The van der Waals surface area contributed by atoms with Crippen molar-refractivity contribution in [1.82, 2.24) is 9.80 Å². The molecule has 2 amide bonds. The molecule has 0 saturated carbocycles. The fraction of sp³-hybridized carbons (Fsp3) is 0.357. The lowest BCUT2D eigenvalue weighted by Crippen LogP contribution is -2.43. The van der Waals surface area contributed by atoms with Crippen LogP contribution in [-0.4, -0.2) is 85.9 Å². The summed E-state index contributed by atoms with van der Waals surface area (Å²) in [6.45, 7) is 6.39. The maximum atomic E-state index is 13.1. The number of amidine groups is 1. The number of esters is 1. The standard InChI is InChI=1S/C28H31N3O7S/c1-4-31-26(33)24(39-28(31)29-21-8-6-7-20(17-21)27(34)37-5-2)16-19-9-10-22(23(15-19)35-3)38-18-25(32)30-11-13-36-14-12-30/h6-10,15-17H,4-5,11-14,18H2,1-3H3. The van der Waals surface area contributed by atoms with E-state index in [0.717, 1.165) is 5.56 Å². The number of benzene rings is 2. The third-order valence-corrected chi connectivity index (χ3v) is 6.99. The fourth-order valence-corrected chi connectivity index (χ4v) is 5.05. The molecular weight excluding hydrogens is 522 g/mol. The van der Waals surface area contributed by atoms with E-state index in [1.807, 2.05) is 6.92 Å². The molecule has 10 nitrogen and oxygen atoms in total. The van der Waals surface area contributed by atoms with Crippen molar-refractivity contribution in [1.29, 1.82) is 0 Å². The zero-order valence-electron chi connectivity index (χ0n) is 22.2. The summed E-state index contributed by atoms with van der Waals surface area (Å²) < 4.78 is 21.6. The first-order chi connectivity index (χ1) is 18.9. The van der Waals surface area contributed by atoms with Crippen LogP contribution >= 0.6 is 11.8 Å². The van der Waals surface area contributed by atoms with Crippen LogP contribution < -0.4 is 9.47 Å². The quantitative estimate of drug-likeness (QED) is 0.342. The monoisotopic (exact) mass is 553 g/mol. The van der Waals surface area contributed by atoms with Gasteiger partial charge in [0.05, 0.1) is 43.1 Å². The van der Waals surface area contributed by atoms with Gasteiger partial charge in [-0.3, -0.25) is 14.5 Å². The van der Waals surface area contributed by atoms with Crippen molar-refractivity contribution in [3.8, 4) is 11.5 Å². The van der Waals surface area contributed by atoms with Gasteiger partial charge in [0, 0.05) is 19.6 Å². The van der Waals surface area contributed by atoms with E-state index in [9.17, 15) is 14.4 Å². The smallest absolute Gasteiger partial charge is 0.338 e. The number of morpholine rings is 1. The predicted molar refractivity (Wildman–Crippen MR) is 148 cm³/mol. The number of carbonyl (C=O) groups is 3. The molecule has 2 saturated heterocycles. The van der Waals surface area contributed by atoms with E-state index in [4.69, 9.17) is 18.9 Å². The van der Waals surface area contributed by atoms with Crippen LogP contribution in [0.15, 0.2) is 52.4 Å². The number of rotatable bonds is 9. The predicted octanol–water partition coefficient (Wildman–Crippen LogP) is 3.73. The van der Waals surface area contributed by atoms with E-state index in [-0.39, 0.29) is 25.0 Å². The van der Waals surface area contributed by atoms with Crippen LogP contribution in [0, 0.1) is 0 Å². The molecule has 2 aliphatic heterocycles. The summed E-state index contributed by atoms with van der Waals surface area (Å²) in [5, 5.41) is 0.517. The van der Waals surface area contributed by atoms with E-state index >= 15 is 0 Å². The highest BCUT2D eigenvalue weighted by Crippen LogP contribution is 2.36. The number of ether oxygens (including phenoxy) is 4. The largest absolute Gasteiger partial charge is 0.493 e. The first-order valence-electron chi connectivity index (χ1n) is 12.7. The number of hydrogen-bond acceptors (Lipinski definition) is 9. The maximum absolute atomic E-state index is 13.1. The summed E-state index contributed by atoms with van der Waals surface area (Å²) in [6, 6.07) is 12.1. The Labute approximate surface area is 231 Å². The highest BCUT2D eigenvalue weighted by molar-refractivity contribution is 8.18. The molecule has 0 unspecified atom stereocenters. The number of nitrogens with zero attached hydrogens (tertiary/aromatic N) is 3. The van der Waals surface area contributed by atoms with Crippen molar-refractivity contribution in [2.75, 3.05) is 53.2 Å². The second-order valence-corrected chi connectivity index (χ2v) is 9.53. The van der Waals surface area contributed by atoms with Gasteiger partial charge < -0.3 is 23.8 Å². The number of hydrogen-bond donors (Lipinski definition) is 0. The van der Waals surface area contributed by atoms with Crippen LogP contribution in [0.5, 0.6) is 11.5 Å². The van der Waals surface area contributed by atoms with Crippen molar-refractivity contribution >= 4 is 46.5 Å². The molecule has 0 spiro atoms. The Morgan fingerprint density at radius 2 is 1.90 bits per heavy atom. The molecule has 2 fully saturated rings. The molecule has 39 heavy (non-hydrogen) atoms. The van der Waals surface area contributed by atoms with E-state index in [2.05, 4.69) is 4.99 Å². The van der Waals surface area contributed by atoms with Crippen molar-refractivity contribution in [3.05, 3.63) is 58.5 Å². The van der Waals surface area contributed by atoms with E-state index in [1.54, 1.807) is 65.3 Å². The van der Waals surface area contributed by atoms with Crippen molar-refractivity contribution < 1.29 is 33.3 Å². The molecule has 0 radical (unpaired) electrons. The van der Waals surface area contributed by atoms with Crippen LogP contribution in [0.3, 0.4) is 0 Å². The molecule has 0 aromatic heterocycles. The summed E-state index contributed by atoms with van der Waals surface area (Å²) in [5.74, 6) is 0.184.